The molecule has 0 aliphatic carbocycles. The van der Waals surface area contributed by atoms with Crippen LogP contribution in [0, 0.1) is 5.92 Å². The Bertz CT molecular complexity index is 597. The van der Waals surface area contributed by atoms with Crippen molar-refractivity contribution in [2.45, 2.75) is 157 Å². The van der Waals surface area contributed by atoms with Crippen molar-refractivity contribution in [1.82, 2.24) is 4.98 Å². The predicted octanol–water partition coefficient (Wildman–Crippen LogP) is 9.94. The minimum Gasteiger partial charge on any atom is -0.257 e. The van der Waals surface area contributed by atoms with Gasteiger partial charge < -0.3 is 0 Å². The first-order valence-corrected chi connectivity index (χ1v) is 14.0. The fourth-order valence-corrected chi connectivity index (χ4v) is 5.34. The van der Waals surface area contributed by atoms with Crippen LogP contribution in [0.25, 0.3) is 0 Å². The fraction of sp³-hybridized carbons (Fsp3) is 0.833. The molecule has 1 aromatic rings. The zero-order chi connectivity index (χ0) is 23.2. The van der Waals surface area contributed by atoms with Crippen molar-refractivity contribution in [3.63, 3.8) is 0 Å². The lowest BCUT2D eigenvalue weighted by Crippen LogP contribution is -2.18. The summed E-state index contributed by atoms with van der Waals surface area (Å²) in [7, 11) is 0. The Morgan fingerprint density at radius 1 is 0.677 bits per heavy atom. The first kappa shape index (κ1) is 28.2. The molecule has 0 fully saturated rings. The Labute approximate surface area is 196 Å². The van der Waals surface area contributed by atoms with Gasteiger partial charge in [0.05, 0.1) is 0 Å². The summed E-state index contributed by atoms with van der Waals surface area (Å²) < 4.78 is 0. The number of aryl methyl sites for hydroxylation is 1. The maximum atomic E-state index is 5.49. The number of rotatable bonds is 17. The average Bonchev–Trinajstić information content (AvgIpc) is 2.74. The monoisotopic (exact) mass is 429 g/mol. The van der Waals surface area contributed by atoms with Crippen molar-refractivity contribution >= 4 is 0 Å². The van der Waals surface area contributed by atoms with E-state index < -0.39 is 0 Å². The van der Waals surface area contributed by atoms with Crippen molar-refractivity contribution in [3.8, 4) is 0 Å². The van der Waals surface area contributed by atoms with Crippen LogP contribution in [0.2, 0.25) is 0 Å². The molecule has 1 heterocycles. The average molecular weight is 430 g/mol. The molecule has 0 aromatic carbocycles. The first-order chi connectivity index (χ1) is 14.9. The number of nitrogens with zero attached hydrogens (tertiary/aromatic N) is 1. The molecule has 1 nitrogen and oxygen atoms in total. The fourth-order valence-electron chi connectivity index (χ4n) is 5.34. The largest absolute Gasteiger partial charge is 0.257 e. The summed E-state index contributed by atoms with van der Waals surface area (Å²) in [5.74, 6) is 1.94. The van der Waals surface area contributed by atoms with E-state index in [1.807, 2.05) is 0 Å². The number of hydrogen-bond acceptors (Lipinski definition) is 1. The van der Waals surface area contributed by atoms with Crippen molar-refractivity contribution in [3.05, 3.63) is 28.1 Å². The normalized spacial score (nSPS) is 12.8. The molecular formula is C30H55N. The van der Waals surface area contributed by atoms with Gasteiger partial charge in [0.25, 0.3) is 0 Å². The van der Waals surface area contributed by atoms with Gasteiger partial charge in [0.15, 0.2) is 0 Å². The van der Waals surface area contributed by atoms with E-state index in [0.717, 1.165) is 5.92 Å². The SMILES string of the molecule is CCCCCCc1nc(C(C)C)c(CC(C)CCC)c(CCCCC)c1C(CC)CC. The van der Waals surface area contributed by atoms with Gasteiger partial charge in [-0.3, -0.25) is 4.98 Å². The van der Waals surface area contributed by atoms with E-state index in [1.54, 1.807) is 16.7 Å². The Kier molecular flexibility index (Phi) is 14.4. The van der Waals surface area contributed by atoms with Crippen LogP contribution < -0.4 is 0 Å². The minimum atomic E-state index is 0.513. The maximum absolute atomic E-state index is 5.49. The third kappa shape index (κ3) is 8.89. The highest BCUT2D eigenvalue weighted by Crippen LogP contribution is 2.37. The predicted molar refractivity (Wildman–Crippen MR) is 140 cm³/mol. The van der Waals surface area contributed by atoms with Crippen molar-refractivity contribution in [1.29, 1.82) is 0 Å². The zero-order valence-corrected chi connectivity index (χ0v) is 22.6. The summed E-state index contributed by atoms with van der Waals surface area (Å²) in [6.07, 6.45) is 18.0. The van der Waals surface area contributed by atoms with Gasteiger partial charge in [-0.25, -0.2) is 0 Å². The van der Waals surface area contributed by atoms with Crippen LogP contribution in [0.5, 0.6) is 0 Å². The molecule has 1 heteroatoms. The van der Waals surface area contributed by atoms with Crippen LogP contribution in [0.3, 0.4) is 0 Å². The minimum absolute atomic E-state index is 0.513. The van der Waals surface area contributed by atoms with E-state index in [9.17, 15) is 0 Å². The highest BCUT2D eigenvalue weighted by molar-refractivity contribution is 5.44. The van der Waals surface area contributed by atoms with Gasteiger partial charge in [-0.1, -0.05) is 100 Å². The van der Waals surface area contributed by atoms with Crippen LogP contribution in [0.15, 0.2) is 0 Å². The molecule has 0 radical (unpaired) electrons. The van der Waals surface area contributed by atoms with Gasteiger partial charge in [-0.15, -0.1) is 0 Å². The van der Waals surface area contributed by atoms with Gasteiger partial charge >= 0.3 is 0 Å². The first-order valence-electron chi connectivity index (χ1n) is 14.0. The molecule has 0 saturated heterocycles. The standard InChI is InChI=1S/C30H55N/c1-9-14-16-18-21-28-29(25(12-4)13-5)26(20-17-15-10-2)27(22-24(8)19-11-3)30(31-28)23(6)7/h23-25H,9-22H2,1-8H3. The molecule has 1 aromatic heterocycles. The third-order valence-corrected chi connectivity index (χ3v) is 7.14. The molecule has 180 valence electrons. The quantitative estimate of drug-likeness (QED) is 0.224. The van der Waals surface area contributed by atoms with E-state index in [4.69, 9.17) is 4.98 Å². The summed E-state index contributed by atoms with van der Waals surface area (Å²) in [6, 6.07) is 0. The molecule has 0 aliphatic heterocycles. The van der Waals surface area contributed by atoms with Crippen molar-refractivity contribution < 1.29 is 0 Å². The number of aromatic nitrogens is 1. The van der Waals surface area contributed by atoms with Gasteiger partial charge in [0.1, 0.15) is 0 Å². The molecule has 1 rings (SSSR count). The molecule has 0 saturated carbocycles. The third-order valence-electron chi connectivity index (χ3n) is 7.14. The van der Waals surface area contributed by atoms with E-state index in [2.05, 4.69) is 55.4 Å². The van der Waals surface area contributed by atoms with Crippen LogP contribution in [-0.4, -0.2) is 4.98 Å². The molecular weight excluding hydrogens is 374 g/mol. The molecule has 0 N–H and O–H groups in total. The lowest BCUT2D eigenvalue weighted by atomic mass is 9.79. The van der Waals surface area contributed by atoms with Gasteiger partial charge in [-0.2, -0.15) is 0 Å². The van der Waals surface area contributed by atoms with Crippen LogP contribution in [0.4, 0.5) is 0 Å². The number of pyridine rings is 1. The summed E-state index contributed by atoms with van der Waals surface area (Å²) in [5, 5.41) is 0. The van der Waals surface area contributed by atoms with Crippen molar-refractivity contribution in [2.24, 2.45) is 5.92 Å². The molecule has 1 atom stereocenters. The molecule has 0 spiro atoms. The smallest absolute Gasteiger partial charge is 0.0467 e. The lowest BCUT2D eigenvalue weighted by molar-refractivity contribution is 0.510. The summed E-state index contributed by atoms with van der Waals surface area (Å²) in [6.45, 7) is 18.9. The van der Waals surface area contributed by atoms with E-state index >= 15 is 0 Å². The second-order valence-corrected chi connectivity index (χ2v) is 10.3. The Morgan fingerprint density at radius 2 is 1.29 bits per heavy atom. The highest BCUT2D eigenvalue weighted by Gasteiger charge is 2.25. The summed E-state index contributed by atoms with van der Waals surface area (Å²) in [5.41, 5.74) is 7.95. The van der Waals surface area contributed by atoms with Gasteiger partial charge in [0, 0.05) is 11.4 Å². The second kappa shape index (κ2) is 15.9. The topological polar surface area (TPSA) is 12.9 Å². The van der Waals surface area contributed by atoms with Gasteiger partial charge in [0.2, 0.25) is 0 Å². The number of unbranched alkanes of at least 4 members (excludes halogenated alkanes) is 5. The maximum Gasteiger partial charge on any atom is 0.0467 e. The van der Waals surface area contributed by atoms with Gasteiger partial charge in [-0.05, 0) is 79.4 Å². The second-order valence-electron chi connectivity index (χ2n) is 10.3. The molecule has 1 unspecified atom stereocenters. The Hall–Kier alpha value is -0.850. The molecule has 0 aliphatic rings. The van der Waals surface area contributed by atoms with Crippen LogP contribution in [-0.2, 0) is 19.3 Å². The van der Waals surface area contributed by atoms with E-state index in [1.165, 1.54) is 101 Å². The summed E-state index contributed by atoms with van der Waals surface area (Å²) in [4.78, 5) is 5.49. The zero-order valence-electron chi connectivity index (χ0n) is 22.6. The molecule has 0 bridgehead atoms. The molecule has 0 amide bonds. The van der Waals surface area contributed by atoms with E-state index in [-0.39, 0.29) is 0 Å². The van der Waals surface area contributed by atoms with E-state index in [0.29, 0.717) is 11.8 Å². The highest BCUT2D eigenvalue weighted by atomic mass is 14.7. The molecule has 31 heavy (non-hydrogen) atoms. The van der Waals surface area contributed by atoms with Crippen LogP contribution >= 0.6 is 0 Å². The Morgan fingerprint density at radius 3 is 1.84 bits per heavy atom. The lowest BCUT2D eigenvalue weighted by Gasteiger charge is -2.28. The van der Waals surface area contributed by atoms with Crippen LogP contribution in [0.1, 0.15) is 166 Å². The number of hydrogen-bond donors (Lipinski definition) is 0. The summed E-state index contributed by atoms with van der Waals surface area (Å²) >= 11 is 0. The Balaban J connectivity index is 3.60. The van der Waals surface area contributed by atoms with Crippen molar-refractivity contribution in [2.75, 3.05) is 0 Å².